The second kappa shape index (κ2) is 5.18. The van der Waals surface area contributed by atoms with Crippen LogP contribution < -0.4 is 0 Å². The number of rotatable bonds is 3. The van der Waals surface area contributed by atoms with Crippen LogP contribution in [0.2, 0.25) is 0 Å². The molecule has 0 aliphatic carbocycles. The van der Waals surface area contributed by atoms with E-state index in [9.17, 15) is 9.59 Å². The van der Waals surface area contributed by atoms with Gasteiger partial charge in [0.05, 0.1) is 13.7 Å². The normalized spacial score (nSPS) is 22.1. The van der Waals surface area contributed by atoms with Crippen LogP contribution in [0, 0.1) is 0 Å². The van der Waals surface area contributed by atoms with Crippen molar-refractivity contribution in [3.63, 3.8) is 0 Å². The van der Waals surface area contributed by atoms with Crippen LogP contribution in [0.4, 0.5) is 4.79 Å². The number of hydrogen-bond donors (Lipinski definition) is 0. The van der Waals surface area contributed by atoms with E-state index < -0.39 is 23.8 Å². The van der Waals surface area contributed by atoms with E-state index >= 15 is 0 Å². The summed E-state index contributed by atoms with van der Waals surface area (Å²) in [5, 5.41) is 0. The maximum atomic E-state index is 11.8. The van der Waals surface area contributed by atoms with Crippen molar-refractivity contribution in [2.75, 3.05) is 20.3 Å². The molecule has 1 heterocycles. The molecule has 0 aromatic rings. The van der Waals surface area contributed by atoms with Gasteiger partial charge >= 0.3 is 12.1 Å². The predicted molar refractivity (Wildman–Crippen MR) is 59.2 cm³/mol. The fourth-order valence-corrected chi connectivity index (χ4v) is 1.66. The molecule has 17 heavy (non-hydrogen) atoms. The summed E-state index contributed by atoms with van der Waals surface area (Å²) in [5.74, 6) is -0.522. The van der Waals surface area contributed by atoms with Crippen LogP contribution >= 0.6 is 0 Å². The minimum Gasteiger partial charge on any atom is -0.467 e. The summed E-state index contributed by atoms with van der Waals surface area (Å²) in [6.07, 6.45) is 0.831. The van der Waals surface area contributed by atoms with Crippen molar-refractivity contribution in [3.8, 4) is 0 Å². The Morgan fingerprint density at radius 3 is 2.76 bits per heavy atom. The second-order valence-corrected chi connectivity index (χ2v) is 4.03. The minimum atomic E-state index is -0.892. The number of carbonyl (C=O) groups is 2. The molecular weight excluding hydrogens is 226 g/mol. The third kappa shape index (κ3) is 2.76. The molecule has 0 N–H and O–H groups in total. The highest BCUT2D eigenvalue weighted by Crippen LogP contribution is 2.28. The van der Waals surface area contributed by atoms with E-state index in [1.54, 1.807) is 13.8 Å². The molecule has 1 aliphatic heterocycles. The van der Waals surface area contributed by atoms with Crippen LogP contribution in [-0.2, 0) is 19.0 Å². The van der Waals surface area contributed by atoms with Crippen LogP contribution in [0.25, 0.3) is 0 Å². The number of hydrogen-bond acceptors (Lipinski definition) is 5. The number of ether oxygens (including phenoxy) is 3. The summed E-state index contributed by atoms with van der Waals surface area (Å²) in [5.41, 5.74) is -0.892. The van der Waals surface area contributed by atoms with Crippen LogP contribution in [-0.4, -0.2) is 49.1 Å². The van der Waals surface area contributed by atoms with Gasteiger partial charge in [0.2, 0.25) is 0 Å². The summed E-state index contributed by atoms with van der Waals surface area (Å²) < 4.78 is 14.9. The molecule has 0 unspecified atom stereocenters. The van der Waals surface area contributed by atoms with E-state index in [0.717, 1.165) is 0 Å². The number of esters is 1. The zero-order chi connectivity index (χ0) is 13.1. The lowest BCUT2D eigenvalue weighted by atomic mass is 10.2. The Kier molecular flexibility index (Phi) is 4.11. The molecular formula is C11H17NO5. The lowest BCUT2D eigenvalue weighted by Crippen LogP contribution is -2.51. The van der Waals surface area contributed by atoms with E-state index in [0.29, 0.717) is 0 Å². The van der Waals surface area contributed by atoms with Crippen LogP contribution in [0.1, 0.15) is 13.8 Å². The first-order valence-corrected chi connectivity index (χ1v) is 5.23. The fourth-order valence-electron chi connectivity index (χ4n) is 1.66. The maximum Gasteiger partial charge on any atom is 0.413 e. The van der Waals surface area contributed by atoms with Gasteiger partial charge in [0, 0.05) is 0 Å². The average molecular weight is 243 g/mol. The lowest BCUT2D eigenvalue weighted by molar-refractivity contribution is -0.146. The zero-order valence-electron chi connectivity index (χ0n) is 10.3. The molecule has 6 nitrogen and oxygen atoms in total. The molecule has 0 spiro atoms. The molecule has 0 aromatic carbocycles. The number of methoxy groups -OCH3 is 1. The molecule has 1 fully saturated rings. The number of amides is 1. The Labute approximate surface area is 100 Å². The standard InChI is InChI=1S/C11H17NO5/c1-5-6-16-10(14)12-8(9(13)15-4)7-17-11(12,2)3/h5,8H,1,6-7H2,2-4H3/t8-/m1/s1. The van der Waals surface area contributed by atoms with Gasteiger partial charge in [0.25, 0.3) is 0 Å². The third-order valence-corrected chi connectivity index (χ3v) is 2.48. The second-order valence-electron chi connectivity index (χ2n) is 4.03. The van der Waals surface area contributed by atoms with Crippen molar-refractivity contribution in [1.29, 1.82) is 0 Å². The Bertz CT molecular complexity index is 326. The largest absolute Gasteiger partial charge is 0.467 e. The highest BCUT2D eigenvalue weighted by Gasteiger charge is 2.48. The smallest absolute Gasteiger partial charge is 0.413 e. The third-order valence-electron chi connectivity index (χ3n) is 2.48. The first-order valence-electron chi connectivity index (χ1n) is 5.23. The molecule has 0 bridgehead atoms. The summed E-state index contributed by atoms with van der Waals surface area (Å²) in [6.45, 7) is 7.00. The van der Waals surface area contributed by atoms with Crippen molar-refractivity contribution in [3.05, 3.63) is 12.7 Å². The molecule has 6 heteroatoms. The summed E-state index contributed by atoms with van der Waals surface area (Å²) in [7, 11) is 1.26. The Morgan fingerprint density at radius 2 is 2.24 bits per heavy atom. The molecule has 1 atom stereocenters. The average Bonchev–Trinajstić information content (AvgIpc) is 2.60. The van der Waals surface area contributed by atoms with Crippen LogP contribution in [0.15, 0.2) is 12.7 Å². The topological polar surface area (TPSA) is 65.1 Å². The van der Waals surface area contributed by atoms with Gasteiger partial charge < -0.3 is 14.2 Å². The van der Waals surface area contributed by atoms with Crippen LogP contribution in [0.3, 0.4) is 0 Å². The highest BCUT2D eigenvalue weighted by molar-refractivity contribution is 5.82. The molecule has 0 saturated carbocycles. The first kappa shape index (κ1) is 13.5. The lowest BCUT2D eigenvalue weighted by Gasteiger charge is -2.31. The molecule has 1 saturated heterocycles. The molecule has 0 aromatic heterocycles. The van der Waals surface area contributed by atoms with Crippen molar-refractivity contribution < 1.29 is 23.8 Å². The SMILES string of the molecule is C=CCOC(=O)N1[C@@H](C(=O)OC)COC1(C)C. The molecule has 96 valence electrons. The Hall–Kier alpha value is -1.56. The van der Waals surface area contributed by atoms with Gasteiger partial charge in [0.1, 0.15) is 12.3 Å². The van der Waals surface area contributed by atoms with Gasteiger partial charge in [-0.3, -0.25) is 4.90 Å². The van der Waals surface area contributed by atoms with Crippen molar-refractivity contribution >= 4 is 12.1 Å². The Morgan fingerprint density at radius 1 is 1.59 bits per heavy atom. The molecule has 1 aliphatic rings. The minimum absolute atomic E-state index is 0.0826. The van der Waals surface area contributed by atoms with Gasteiger partial charge in [-0.2, -0.15) is 0 Å². The van der Waals surface area contributed by atoms with E-state index in [4.69, 9.17) is 9.47 Å². The van der Waals surface area contributed by atoms with Crippen LogP contribution in [0.5, 0.6) is 0 Å². The predicted octanol–water partition coefficient (Wildman–Crippen LogP) is 0.919. The van der Waals surface area contributed by atoms with Crippen molar-refractivity contribution in [2.45, 2.75) is 25.6 Å². The summed E-state index contributed by atoms with van der Waals surface area (Å²) >= 11 is 0. The van der Waals surface area contributed by atoms with Gasteiger partial charge in [-0.15, -0.1) is 0 Å². The zero-order valence-corrected chi connectivity index (χ0v) is 10.3. The van der Waals surface area contributed by atoms with Gasteiger partial charge in [-0.25, -0.2) is 9.59 Å². The monoisotopic (exact) mass is 243 g/mol. The summed E-state index contributed by atoms with van der Waals surface area (Å²) in [6, 6.07) is -0.771. The quantitative estimate of drug-likeness (QED) is 0.544. The van der Waals surface area contributed by atoms with E-state index in [-0.39, 0.29) is 13.2 Å². The number of nitrogens with zero attached hydrogens (tertiary/aromatic N) is 1. The van der Waals surface area contributed by atoms with Crippen molar-refractivity contribution in [1.82, 2.24) is 4.90 Å². The van der Waals surface area contributed by atoms with E-state index in [2.05, 4.69) is 11.3 Å². The van der Waals surface area contributed by atoms with E-state index in [1.165, 1.54) is 18.1 Å². The van der Waals surface area contributed by atoms with Crippen molar-refractivity contribution in [2.24, 2.45) is 0 Å². The van der Waals surface area contributed by atoms with Gasteiger partial charge in [-0.1, -0.05) is 12.7 Å². The van der Waals surface area contributed by atoms with Gasteiger partial charge in [0.15, 0.2) is 6.04 Å². The molecule has 0 radical (unpaired) electrons. The Balaban J connectivity index is 2.84. The maximum absolute atomic E-state index is 11.8. The molecule has 1 amide bonds. The van der Waals surface area contributed by atoms with Gasteiger partial charge in [-0.05, 0) is 13.8 Å². The van der Waals surface area contributed by atoms with E-state index in [1.807, 2.05) is 0 Å². The summed E-state index contributed by atoms with van der Waals surface area (Å²) in [4.78, 5) is 24.6. The highest BCUT2D eigenvalue weighted by atomic mass is 16.6. The fraction of sp³-hybridized carbons (Fsp3) is 0.636. The molecule has 1 rings (SSSR count). The number of carbonyl (C=O) groups excluding carboxylic acids is 2. The first-order chi connectivity index (χ1) is 7.94.